The lowest BCUT2D eigenvalue weighted by Crippen LogP contribution is -2.41. The number of aromatic nitrogens is 1. The fraction of sp³-hybridized carbons (Fsp3) is 0.188. The van der Waals surface area contributed by atoms with Crippen molar-refractivity contribution in [2.24, 2.45) is 0 Å². The topological polar surface area (TPSA) is 94.6 Å². The number of ether oxygens (including phenoxy) is 1. The highest BCUT2D eigenvalue weighted by Crippen LogP contribution is 2.24. The summed E-state index contributed by atoms with van der Waals surface area (Å²) in [5.41, 5.74) is 0.747. The molecule has 0 fully saturated rings. The van der Waals surface area contributed by atoms with Crippen molar-refractivity contribution in [2.45, 2.75) is 6.92 Å². The van der Waals surface area contributed by atoms with Gasteiger partial charge in [0, 0.05) is 31.5 Å². The predicted octanol–water partition coefficient (Wildman–Crippen LogP) is 1.40. The van der Waals surface area contributed by atoms with E-state index in [-0.39, 0.29) is 11.6 Å². The molecule has 0 aliphatic heterocycles. The molecule has 7 heteroatoms. The number of carbonyl (C=O) groups excluding carboxylic acids is 2. The highest BCUT2D eigenvalue weighted by Gasteiger charge is 2.08. The number of hydrogen-bond donors (Lipinski definition) is 1. The lowest BCUT2D eigenvalue weighted by Gasteiger charge is -2.23. The Balaban J connectivity index is 2.15. The Bertz CT molecular complexity index is 701. The van der Waals surface area contributed by atoms with Crippen molar-refractivity contribution in [3.8, 4) is 11.5 Å². The van der Waals surface area contributed by atoms with Gasteiger partial charge in [-0.25, -0.2) is 0 Å². The van der Waals surface area contributed by atoms with Crippen molar-refractivity contribution >= 4 is 17.7 Å². The number of nitrogens with one attached hydrogen (secondary N) is 1. The van der Waals surface area contributed by atoms with Gasteiger partial charge in [-0.1, -0.05) is 0 Å². The Kier molecular flexibility index (Phi) is 5.14. The van der Waals surface area contributed by atoms with Crippen LogP contribution in [0.2, 0.25) is 0 Å². The van der Waals surface area contributed by atoms with Gasteiger partial charge in [0.1, 0.15) is 23.3 Å². The van der Waals surface area contributed by atoms with Crippen LogP contribution in [0.4, 0.5) is 10.5 Å². The Hall–Kier alpha value is -3.09. The van der Waals surface area contributed by atoms with E-state index in [1.54, 1.807) is 37.3 Å². The second-order valence-electron chi connectivity index (χ2n) is 4.56. The molecule has 1 aromatic carbocycles. The Labute approximate surface area is 133 Å². The molecule has 0 bridgehead atoms. The van der Waals surface area contributed by atoms with Gasteiger partial charge in [-0.05, 0) is 37.3 Å². The summed E-state index contributed by atoms with van der Waals surface area (Å²) in [5, 5.41) is 13.5. The fourth-order valence-corrected chi connectivity index (χ4v) is 1.97. The van der Waals surface area contributed by atoms with Crippen LogP contribution in [0.3, 0.4) is 0 Å². The van der Waals surface area contributed by atoms with Crippen LogP contribution in [0.25, 0.3) is 0 Å². The van der Waals surface area contributed by atoms with Crippen LogP contribution in [-0.2, 0) is 0 Å². The number of pyridine rings is 1. The molecule has 0 spiro atoms. The second kappa shape index (κ2) is 7.26. The van der Waals surface area contributed by atoms with Crippen molar-refractivity contribution in [3.63, 3.8) is 0 Å². The molecule has 1 N–H and O–H groups in total. The monoisotopic (exact) mass is 314 g/mol. The first-order chi connectivity index (χ1) is 11.0. The molecule has 0 atom stereocenters. The highest BCUT2D eigenvalue weighted by molar-refractivity contribution is 5.92. The predicted molar refractivity (Wildman–Crippen MR) is 82.6 cm³/mol. The minimum Gasteiger partial charge on any atom is -0.530 e. The number of rotatable bonds is 5. The average molecular weight is 314 g/mol. The van der Waals surface area contributed by atoms with E-state index in [0.717, 1.165) is 4.90 Å². The minimum atomic E-state index is -1.26. The van der Waals surface area contributed by atoms with Crippen molar-refractivity contribution in [3.05, 3.63) is 48.3 Å². The summed E-state index contributed by atoms with van der Waals surface area (Å²) in [5.74, 6) is 0.661. The summed E-state index contributed by atoms with van der Waals surface area (Å²) in [7, 11) is 1.52. The smallest absolute Gasteiger partial charge is 0.269 e. The van der Waals surface area contributed by atoms with E-state index in [1.807, 2.05) is 0 Å². The van der Waals surface area contributed by atoms with E-state index in [9.17, 15) is 14.7 Å². The molecule has 23 heavy (non-hydrogen) atoms. The van der Waals surface area contributed by atoms with Gasteiger partial charge in [0.05, 0.1) is 0 Å². The van der Waals surface area contributed by atoms with Crippen molar-refractivity contribution in [1.29, 1.82) is 0 Å². The Morgan fingerprint density at radius 3 is 2.48 bits per heavy atom. The van der Waals surface area contributed by atoms with Crippen molar-refractivity contribution in [1.82, 2.24) is 10.3 Å². The van der Waals surface area contributed by atoms with Crippen LogP contribution in [0.5, 0.6) is 11.5 Å². The zero-order valence-electron chi connectivity index (χ0n) is 12.8. The van der Waals surface area contributed by atoms with Gasteiger partial charge in [-0.3, -0.25) is 9.78 Å². The largest absolute Gasteiger partial charge is 0.530 e. The fourth-order valence-electron chi connectivity index (χ4n) is 1.97. The van der Waals surface area contributed by atoms with Gasteiger partial charge < -0.3 is 24.9 Å². The second-order valence-corrected chi connectivity index (χ2v) is 4.56. The highest BCUT2D eigenvalue weighted by atomic mass is 16.5. The SMILES string of the molecule is CCN(C(=O)[O-])c1ccc(Oc2ccnc(C(=O)NC)c2)cc1. The van der Waals surface area contributed by atoms with E-state index < -0.39 is 6.09 Å². The first kappa shape index (κ1) is 16.3. The third-order valence-corrected chi connectivity index (χ3v) is 3.11. The first-order valence-corrected chi connectivity index (χ1v) is 6.99. The van der Waals surface area contributed by atoms with E-state index in [2.05, 4.69) is 10.3 Å². The van der Waals surface area contributed by atoms with E-state index in [0.29, 0.717) is 23.7 Å². The summed E-state index contributed by atoms with van der Waals surface area (Å²) < 4.78 is 5.64. The molecule has 0 radical (unpaired) electrons. The molecule has 2 amide bonds. The molecular formula is C16H16N3O4-. The molecule has 2 rings (SSSR count). The van der Waals surface area contributed by atoms with Crippen molar-refractivity contribution in [2.75, 3.05) is 18.5 Å². The number of amides is 2. The maximum atomic E-state index is 11.5. The molecule has 1 aromatic heterocycles. The van der Waals surface area contributed by atoms with Crippen LogP contribution >= 0.6 is 0 Å². The molecule has 0 aliphatic rings. The van der Waals surface area contributed by atoms with E-state index >= 15 is 0 Å². The molecule has 1 heterocycles. The Morgan fingerprint density at radius 2 is 1.91 bits per heavy atom. The van der Waals surface area contributed by atoms with E-state index in [1.165, 1.54) is 19.3 Å². The molecule has 0 unspecified atom stereocenters. The molecular weight excluding hydrogens is 298 g/mol. The maximum absolute atomic E-state index is 11.5. The number of hydrogen-bond acceptors (Lipinski definition) is 5. The lowest BCUT2D eigenvalue weighted by molar-refractivity contribution is -0.246. The van der Waals surface area contributed by atoms with Crippen LogP contribution < -0.4 is 20.1 Å². The van der Waals surface area contributed by atoms with Crippen LogP contribution in [0.1, 0.15) is 17.4 Å². The average Bonchev–Trinajstić information content (AvgIpc) is 2.56. The van der Waals surface area contributed by atoms with Gasteiger partial charge in [0.25, 0.3) is 5.91 Å². The van der Waals surface area contributed by atoms with Crippen molar-refractivity contribution < 1.29 is 19.4 Å². The van der Waals surface area contributed by atoms with Gasteiger partial charge in [0.2, 0.25) is 0 Å². The number of carboxylic acid groups (broad SMARTS) is 1. The van der Waals surface area contributed by atoms with Gasteiger partial charge >= 0.3 is 0 Å². The lowest BCUT2D eigenvalue weighted by atomic mass is 10.2. The quantitative estimate of drug-likeness (QED) is 0.900. The Morgan fingerprint density at radius 1 is 1.22 bits per heavy atom. The van der Waals surface area contributed by atoms with E-state index in [4.69, 9.17) is 4.74 Å². The zero-order chi connectivity index (χ0) is 16.8. The number of benzene rings is 1. The maximum Gasteiger partial charge on any atom is 0.269 e. The normalized spacial score (nSPS) is 10.0. The van der Waals surface area contributed by atoms with Crippen LogP contribution in [0, 0.1) is 0 Å². The summed E-state index contributed by atoms with van der Waals surface area (Å²) in [4.78, 5) is 27.6. The third kappa shape index (κ3) is 3.97. The van der Waals surface area contributed by atoms with Crippen LogP contribution in [0.15, 0.2) is 42.6 Å². The third-order valence-electron chi connectivity index (χ3n) is 3.11. The molecule has 120 valence electrons. The standard InChI is InChI=1S/C16H17N3O4/c1-3-19(16(21)22)11-4-6-12(7-5-11)23-13-8-9-18-14(10-13)15(20)17-2/h4-10H,3H2,1-2H3,(H,17,20)(H,21,22)/p-1. The molecule has 0 saturated carbocycles. The van der Waals surface area contributed by atoms with Gasteiger partial charge in [-0.2, -0.15) is 0 Å². The van der Waals surface area contributed by atoms with Crippen LogP contribution in [-0.4, -0.2) is 30.6 Å². The number of nitrogens with zero attached hydrogens (tertiary/aromatic N) is 2. The minimum absolute atomic E-state index is 0.246. The summed E-state index contributed by atoms with van der Waals surface area (Å²) in [6, 6.07) is 9.67. The molecule has 0 aliphatic carbocycles. The summed E-state index contributed by atoms with van der Waals surface area (Å²) in [6.45, 7) is 2.01. The summed E-state index contributed by atoms with van der Waals surface area (Å²) in [6.07, 6.45) is 0.217. The number of anilines is 1. The molecule has 0 saturated heterocycles. The first-order valence-electron chi connectivity index (χ1n) is 6.99. The van der Waals surface area contributed by atoms with Gasteiger partial charge in [0.15, 0.2) is 0 Å². The molecule has 2 aromatic rings. The zero-order valence-corrected chi connectivity index (χ0v) is 12.8. The number of carbonyl (C=O) groups is 2. The summed E-state index contributed by atoms with van der Waals surface area (Å²) >= 11 is 0. The molecule has 7 nitrogen and oxygen atoms in total. The van der Waals surface area contributed by atoms with Gasteiger partial charge in [-0.15, -0.1) is 0 Å².